The second-order valence-corrected chi connectivity index (χ2v) is 10.2. The van der Waals surface area contributed by atoms with Crippen molar-refractivity contribution in [3.05, 3.63) is 95.6 Å². The number of likely N-dealkylation sites (tertiary alicyclic amines) is 1. The van der Waals surface area contributed by atoms with E-state index in [4.69, 9.17) is 4.74 Å². The lowest BCUT2D eigenvalue weighted by Crippen LogP contribution is -2.46. The first-order valence-electron chi connectivity index (χ1n) is 13.6. The predicted octanol–water partition coefficient (Wildman–Crippen LogP) is 5.18. The van der Waals surface area contributed by atoms with Gasteiger partial charge >= 0.3 is 5.97 Å². The van der Waals surface area contributed by atoms with Crippen LogP contribution in [0.5, 0.6) is 0 Å². The number of piperidine rings is 1. The van der Waals surface area contributed by atoms with Gasteiger partial charge in [0.2, 0.25) is 5.91 Å². The van der Waals surface area contributed by atoms with Gasteiger partial charge in [0.25, 0.3) is 5.91 Å². The fraction of sp³-hybridized carbons (Fsp3) is 0.281. The van der Waals surface area contributed by atoms with Crippen molar-refractivity contribution in [2.75, 3.05) is 26.2 Å². The lowest BCUT2D eigenvalue weighted by Gasteiger charge is -2.33. The molecular weight excluding hydrogens is 490 g/mol. The van der Waals surface area contributed by atoms with Crippen molar-refractivity contribution in [2.24, 2.45) is 5.92 Å². The average molecular weight is 522 g/mol. The van der Waals surface area contributed by atoms with Crippen molar-refractivity contribution in [1.29, 1.82) is 0 Å². The van der Waals surface area contributed by atoms with Crippen molar-refractivity contribution >= 4 is 28.7 Å². The predicted molar refractivity (Wildman–Crippen MR) is 149 cm³/mol. The number of rotatable bonds is 6. The molecule has 198 valence electrons. The molecule has 1 fully saturated rings. The summed E-state index contributed by atoms with van der Waals surface area (Å²) >= 11 is 0. The van der Waals surface area contributed by atoms with E-state index in [2.05, 4.69) is 23.2 Å². The Balaban J connectivity index is 1.36. The lowest BCUT2D eigenvalue weighted by molar-refractivity contribution is -0.151. The van der Waals surface area contributed by atoms with Gasteiger partial charge < -0.3 is 19.5 Å². The van der Waals surface area contributed by atoms with E-state index in [1.807, 2.05) is 60.7 Å². The average Bonchev–Trinajstić information content (AvgIpc) is 3.48. The molecule has 1 saturated heterocycles. The molecule has 1 unspecified atom stereocenters. The molecule has 1 atom stereocenters. The Hall–Kier alpha value is -4.39. The van der Waals surface area contributed by atoms with Gasteiger partial charge in [-0.05, 0) is 43.0 Å². The highest BCUT2D eigenvalue weighted by Crippen LogP contribution is 2.45. The Labute approximate surface area is 227 Å². The van der Waals surface area contributed by atoms with E-state index in [0.29, 0.717) is 38.1 Å². The van der Waals surface area contributed by atoms with Gasteiger partial charge in [-0.3, -0.25) is 14.4 Å². The molecule has 7 nitrogen and oxygen atoms in total. The number of para-hydroxylation sites is 1. The molecule has 7 heteroatoms. The van der Waals surface area contributed by atoms with Crippen molar-refractivity contribution in [3.63, 3.8) is 0 Å². The summed E-state index contributed by atoms with van der Waals surface area (Å²) in [7, 11) is 0. The molecule has 0 radical (unpaired) electrons. The maximum atomic E-state index is 13.8. The van der Waals surface area contributed by atoms with Crippen LogP contribution in [0.2, 0.25) is 0 Å². The normalized spacial score (nSPS) is 17.5. The van der Waals surface area contributed by atoms with E-state index in [1.54, 1.807) is 16.7 Å². The number of carbonyl (C=O) groups is 3. The van der Waals surface area contributed by atoms with Gasteiger partial charge in [-0.25, -0.2) is 0 Å². The third-order valence-corrected chi connectivity index (χ3v) is 7.91. The zero-order valence-corrected chi connectivity index (χ0v) is 21.9. The van der Waals surface area contributed by atoms with E-state index in [0.717, 1.165) is 33.3 Å². The van der Waals surface area contributed by atoms with E-state index in [1.165, 1.54) is 0 Å². The summed E-state index contributed by atoms with van der Waals surface area (Å²) in [6.07, 6.45) is 1.14. The second kappa shape index (κ2) is 10.4. The summed E-state index contributed by atoms with van der Waals surface area (Å²) in [6.45, 7) is 3.08. The second-order valence-electron chi connectivity index (χ2n) is 10.2. The van der Waals surface area contributed by atoms with Gasteiger partial charge in [0, 0.05) is 35.1 Å². The summed E-state index contributed by atoms with van der Waals surface area (Å²) in [6, 6.07) is 25.4. The van der Waals surface area contributed by atoms with Crippen LogP contribution in [0.1, 0.15) is 47.3 Å². The third kappa shape index (κ3) is 4.48. The van der Waals surface area contributed by atoms with Gasteiger partial charge in [-0.15, -0.1) is 0 Å². The maximum absolute atomic E-state index is 13.8. The first kappa shape index (κ1) is 24.9. The van der Waals surface area contributed by atoms with E-state index < -0.39 is 6.04 Å². The Kier molecular flexibility index (Phi) is 6.65. The number of hydrogen-bond donors (Lipinski definition) is 1. The molecule has 0 saturated carbocycles. The number of aromatic nitrogens is 1. The molecule has 6 rings (SSSR count). The van der Waals surface area contributed by atoms with Gasteiger partial charge in [-0.2, -0.15) is 0 Å². The minimum atomic E-state index is -0.416. The summed E-state index contributed by atoms with van der Waals surface area (Å²) in [5, 5.41) is 1.03. The van der Waals surface area contributed by atoms with Gasteiger partial charge in [0.15, 0.2) is 0 Å². The Morgan fingerprint density at radius 2 is 1.62 bits per heavy atom. The van der Waals surface area contributed by atoms with Gasteiger partial charge in [0.1, 0.15) is 6.54 Å². The molecule has 2 aliphatic rings. The van der Waals surface area contributed by atoms with E-state index in [9.17, 15) is 14.4 Å². The Morgan fingerprint density at radius 1 is 0.923 bits per heavy atom. The number of hydrogen-bond acceptors (Lipinski definition) is 4. The number of H-pyrrole nitrogens is 1. The van der Waals surface area contributed by atoms with Crippen molar-refractivity contribution in [3.8, 4) is 11.3 Å². The number of fused-ring (bicyclic) bond motifs is 2. The highest BCUT2D eigenvalue weighted by atomic mass is 16.5. The summed E-state index contributed by atoms with van der Waals surface area (Å²) in [5.74, 6) is -0.624. The smallest absolute Gasteiger partial charge is 0.309 e. The van der Waals surface area contributed by atoms with Crippen LogP contribution in [0.3, 0.4) is 0 Å². The molecular formula is C32H31N3O4. The molecule has 4 aromatic rings. The van der Waals surface area contributed by atoms with E-state index >= 15 is 0 Å². The van der Waals surface area contributed by atoms with Crippen LogP contribution in [0, 0.1) is 5.92 Å². The number of ether oxygens (including phenoxy) is 1. The summed E-state index contributed by atoms with van der Waals surface area (Å²) in [5.41, 5.74) is 5.46. The number of esters is 1. The summed E-state index contributed by atoms with van der Waals surface area (Å²) < 4.78 is 5.17. The van der Waals surface area contributed by atoms with Crippen LogP contribution in [-0.2, 0) is 14.3 Å². The Bertz CT molecular complexity index is 1540. The van der Waals surface area contributed by atoms with Crippen LogP contribution >= 0.6 is 0 Å². The van der Waals surface area contributed by atoms with Crippen molar-refractivity contribution in [2.45, 2.75) is 25.8 Å². The van der Waals surface area contributed by atoms with Crippen molar-refractivity contribution in [1.82, 2.24) is 14.8 Å². The minimum absolute atomic E-state index is 0.0318. The molecule has 2 amide bonds. The number of benzene rings is 3. The van der Waals surface area contributed by atoms with E-state index in [-0.39, 0.29) is 30.2 Å². The Morgan fingerprint density at radius 3 is 2.38 bits per heavy atom. The molecule has 3 heterocycles. The molecule has 0 bridgehead atoms. The third-order valence-electron chi connectivity index (χ3n) is 7.91. The first-order valence-corrected chi connectivity index (χ1v) is 13.6. The number of aromatic amines is 1. The zero-order valence-electron chi connectivity index (χ0n) is 21.9. The number of amides is 2. The standard InChI is InChI=1S/C32H31N3O4/c1-2-39-32(38)22-16-18-34(19-17-22)27(36)20-35-30(23-12-6-7-13-24(23)31(35)37)28-25-14-8-9-15-26(25)33-29(28)21-10-4-3-5-11-21/h3-15,22,30,33H,2,16-20H2,1H3. The van der Waals surface area contributed by atoms with Gasteiger partial charge in [-0.1, -0.05) is 66.7 Å². The molecule has 1 aromatic heterocycles. The topological polar surface area (TPSA) is 82.7 Å². The maximum Gasteiger partial charge on any atom is 0.309 e. The fourth-order valence-corrected chi connectivity index (χ4v) is 6.00. The van der Waals surface area contributed by atoms with Crippen LogP contribution in [0.25, 0.3) is 22.2 Å². The van der Waals surface area contributed by atoms with Crippen LogP contribution in [0.15, 0.2) is 78.9 Å². The molecule has 1 N–H and O–H groups in total. The monoisotopic (exact) mass is 521 g/mol. The fourth-order valence-electron chi connectivity index (χ4n) is 6.00. The molecule has 3 aromatic carbocycles. The molecule has 2 aliphatic heterocycles. The lowest BCUT2D eigenvalue weighted by atomic mass is 9.93. The van der Waals surface area contributed by atoms with Crippen molar-refractivity contribution < 1.29 is 19.1 Å². The zero-order chi connectivity index (χ0) is 26.9. The van der Waals surface area contributed by atoms with Crippen LogP contribution < -0.4 is 0 Å². The molecule has 0 spiro atoms. The molecule has 39 heavy (non-hydrogen) atoms. The number of carbonyl (C=O) groups excluding carboxylic acids is 3. The minimum Gasteiger partial charge on any atom is -0.466 e. The highest BCUT2D eigenvalue weighted by molar-refractivity contribution is 6.03. The van der Waals surface area contributed by atoms with Crippen LogP contribution in [-0.4, -0.2) is 58.8 Å². The summed E-state index contributed by atoms with van der Waals surface area (Å²) in [4.78, 5) is 46.6. The first-order chi connectivity index (χ1) is 19.1. The molecule has 0 aliphatic carbocycles. The van der Waals surface area contributed by atoms with Gasteiger partial charge in [0.05, 0.1) is 24.3 Å². The SMILES string of the molecule is CCOC(=O)C1CCN(C(=O)CN2C(=O)c3ccccc3C2c2c(-c3ccccc3)[nH]c3ccccc23)CC1. The largest absolute Gasteiger partial charge is 0.466 e. The quantitative estimate of drug-likeness (QED) is 0.355. The van der Waals surface area contributed by atoms with Crippen LogP contribution in [0.4, 0.5) is 0 Å². The highest BCUT2D eigenvalue weighted by Gasteiger charge is 2.42. The number of nitrogens with zero attached hydrogens (tertiary/aromatic N) is 2. The number of nitrogens with one attached hydrogen (secondary N) is 1.